The van der Waals surface area contributed by atoms with Gasteiger partial charge >= 0.3 is 6.03 Å². The molecule has 1 N–H and O–H groups in total. The Hall–Kier alpha value is -2.84. The molecule has 0 radical (unpaired) electrons. The first kappa shape index (κ1) is 21.4. The van der Waals surface area contributed by atoms with E-state index >= 15 is 0 Å². The summed E-state index contributed by atoms with van der Waals surface area (Å²) in [5.74, 6) is 0.675. The third-order valence-corrected chi connectivity index (χ3v) is 6.04. The van der Waals surface area contributed by atoms with Crippen LogP contribution in [0.15, 0.2) is 48.2 Å². The van der Waals surface area contributed by atoms with Crippen LogP contribution >= 0.6 is 0 Å². The highest BCUT2D eigenvalue weighted by molar-refractivity contribution is 6.01. The van der Waals surface area contributed by atoms with Crippen molar-refractivity contribution in [3.63, 3.8) is 0 Å². The Morgan fingerprint density at radius 3 is 2.81 bits per heavy atom. The second-order valence-corrected chi connectivity index (χ2v) is 7.95. The molecule has 3 heterocycles. The molecule has 1 unspecified atom stereocenters. The maximum atomic E-state index is 13.4. The number of morpholine rings is 1. The number of ether oxygens (including phenoxy) is 2. The van der Waals surface area contributed by atoms with Crippen molar-refractivity contribution >= 4 is 11.9 Å². The van der Waals surface area contributed by atoms with Gasteiger partial charge in [-0.1, -0.05) is 18.2 Å². The molecule has 1 aromatic carbocycles. The average Bonchev–Trinajstić information content (AvgIpc) is 3.12. The van der Waals surface area contributed by atoms with Crippen molar-refractivity contribution in [1.29, 1.82) is 0 Å². The molecule has 0 bridgehead atoms. The molecule has 8 nitrogen and oxygen atoms in total. The summed E-state index contributed by atoms with van der Waals surface area (Å²) >= 11 is 0. The van der Waals surface area contributed by atoms with Gasteiger partial charge in [0.1, 0.15) is 5.75 Å². The highest BCUT2D eigenvalue weighted by atomic mass is 16.5. The summed E-state index contributed by atoms with van der Waals surface area (Å²) in [6.07, 6.45) is 2.57. The van der Waals surface area contributed by atoms with Crippen LogP contribution < -0.4 is 10.1 Å². The summed E-state index contributed by atoms with van der Waals surface area (Å²) in [6, 6.07) is 6.80. The molecule has 8 heteroatoms. The van der Waals surface area contributed by atoms with Crippen molar-refractivity contribution in [3.05, 3.63) is 53.8 Å². The van der Waals surface area contributed by atoms with Gasteiger partial charge in [0.2, 0.25) is 0 Å². The van der Waals surface area contributed by atoms with Gasteiger partial charge in [0.05, 0.1) is 44.2 Å². The van der Waals surface area contributed by atoms with E-state index in [2.05, 4.69) is 16.8 Å². The van der Waals surface area contributed by atoms with Crippen LogP contribution in [-0.4, -0.2) is 86.2 Å². The molecule has 0 aliphatic carbocycles. The lowest BCUT2D eigenvalue weighted by Crippen LogP contribution is -2.47. The van der Waals surface area contributed by atoms with Gasteiger partial charge < -0.3 is 19.7 Å². The molecule has 3 aliphatic heterocycles. The number of urea groups is 1. The van der Waals surface area contributed by atoms with Crippen LogP contribution in [0.25, 0.3) is 0 Å². The number of nitrogens with one attached hydrogen (secondary N) is 1. The highest BCUT2D eigenvalue weighted by Crippen LogP contribution is 2.37. The first-order valence-electron chi connectivity index (χ1n) is 10.8. The zero-order chi connectivity index (χ0) is 21.8. The van der Waals surface area contributed by atoms with Crippen molar-refractivity contribution in [1.82, 2.24) is 20.0 Å². The molecular weight excluding hydrogens is 396 g/mol. The molecule has 3 amide bonds. The Balaban J connectivity index is 1.53. The van der Waals surface area contributed by atoms with Crippen molar-refractivity contribution in [3.8, 4) is 5.75 Å². The molecule has 1 saturated heterocycles. The van der Waals surface area contributed by atoms with Gasteiger partial charge in [-0.3, -0.25) is 14.6 Å². The predicted octanol–water partition coefficient (Wildman–Crippen LogP) is 1.77. The molecular formula is C23H30N4O4. The number of nitrogens with zero attached hydrogens (tertiary/aromatic N) is 3. The Labute approximate surface area is 183 Å². The number of benzene rings is 1. The summed E-state index contributed by atoms with van der Waals surface area (Å²) in [7, 11) is 1.60. The monoisotopic (exact) mass is 426 g/mol. The minimum absolute atomic E-state index is 0.0149. The molecule has 0 spiro atoms. The Bertz CT molecular complexity index is 878. The maximum absolute atomic E-state index is 13.4. The van der Waals surface area contributed by atoms with Crippen LogP contribution in [0.1, 0.15) is 18.0 Å². The number of hydrogen-bond donors (Lipinski definition) is 1. The van der Waals surface area contributed by atoms with E-state index in [4.69, 9.17) is 9.47 Å². The van der Waals surface area contributed by atoms with Crippen LogP contribution in [-0.2, 0) is 9.53 Å². The second-order valence-electron chi connectivity index (χ2n) is 7.95. The van der Waals surface area contributed by atoms with Gasteiger partial charge in [-0.15, -0.1) is 6.58 Å². The Morgan fingerprint density at radius 2 is 2.06 bits per heavy atom. The Kier molecular flexibility index (Phi) is 6.58. The normalized spacial score (nSPS) is 21.9. The zero-order valence-electron chi connectivity index (χ0n) is 18.0. The van der Waals surface area contributed by atoms with E-state index in [9.17, 15) is 9.59 Å². The fraction of sp³-hybridized carbons (Fsp3) is 0.478. The van der Waals surface area contributed by atoms with Gasteiger partial charge in [0, 0.05) is 32.7 Å². The van der Waals surface area contributed by atoms with Crippen LogP contribution in [0, 0.1) is 0 Å². The molecule has 1 fully saturated rings. The van der Waals surface area contributed by atoms with E-state index in [0.717, 1.165) is 50.5 Å². The van der Waals surface area contributed by atoms with Crippen molar-refractivity contribution in [2.24, 2.45) is 0 Å². The van der Waals surface area contributed by atoms with E-state index in [1.165, 1.54) is 0 Å². The van der Waals surface area contributed by atoms with Crippen LogP contribution in [0.4, 0.5) is 4.79 Å². The summed E-state index contributed by atoms with van der Waals surface area (Å²) in [6.45, 7) is 9.58. The van der Waals surface area contributed by atoms with Crippen molar-refractivity contribution in [2.75, 3.05) is 59.6 Å². The van der Waals surface area contributed by atoms with E-state index in [1.807, 2.05) is 29.2 Å². The molecule has 3 aliphatic rings. The fourth-order valence-corrected chi connectivity index (χ4v) is 4.43. The standard InChI is InChI=1S/C23H30N4O4/c1-3-8-27-19-16-26(10-5-9-25-11-13-31-14-12-25)22(28)20(19)21(24-23(27)29)17-6-4-7-18(15-17)30-2/h3-4,6-7,15,21H,1,5,8-14,16H2,2H3,(H,24,29). The molecule has 0 saturated carbocycles. The quantitative estimate of drug-likeness (QED) is 0.642. The number of carbonyl (C=O) groups excluding carboxylic acids is 2. The van der Waals surface area contributed by atoms with Gasteiger partial charge in [0.15, 0.2) is 0 Å². The van der Waals surface area contributed by atoms with Gasteiger partial charge in [-0.25, -0.2) is 4.79 Å². The summed E-state index contributed by atoms with van der Waals surface area (Å²) < 4.78 is 10.7. The van der Waals surface area contributed by atoms with Crippen LogP contribution in [0.3, 0.4) is 0 Å². The summed E-state index contributed by atoms with van der Waals surface area (Å²) in [4.78, 5) is 32.1. The first-order chi connectivity index (χ1) is 15.1. The van der Waals surface area contributed by atoms with E-state index in [0.29, 0.717) is 31.0 Å². The summed E-state index contributed by atoms with van der Waals surface area (Å²) in [5, 5.41) is 3.01. The van der Waals surface area contributed by atoms with E-state index in [1.54, 1.807) is 18.1 Å². The third kappa shape index (κ3) is 4.45. The van der Waals surface area contributed by atoms with Crippen LogP contribution in [0.2, 0.25) is 0 Å². The number of methoxy groups -OCH3 is 1. The maximum Gasteiger partial charge on any atom is 0.322 e. The molecule has 166 valence electrons. The van der Waals surface area contributed by atoms with Gasteiger partial charge in [-0.2, -0.15) is 0 Å². The fourth-order valence-electron chi connectivity index (χ4n) is 4.43. The largest absolute Gasteiger partial charge is 0.497 e. The Morgan fingerprint density at radius 1 is 1.26 bits per heavy atom. The number of rotatable bonds is 8. The SMILES string of the molecule is C=CCN1C(=O)NC(c2cccc(OC)c2)C2=C1CN(CCCN1CCOCC1)C2=O. The molecule has 0 aromatic heterocycles. The predicted molar refractivity (Wildman–Crippen MR) is 117 cm³/mol. The smallest absolute Gasteiger partial charge is 0.322 e. The topological polar surface area (TPSA) is 74.4 Å². The van der Waals surface area contributed by atoms with Crippen LogP contribution in [0.5, 0.6) is 5.75 Å². The van der Waals surface area contributed by atoms with E-state index in [-0.39, 0.29) is 11.9 Å². The molecule has 1 aromatic rings. The number of carbonyl (C=O) groups is 2. The third-order valence-electron chi connectivity index (χ3n) is 6.04. The lowest BCUT2D eigenvalue weighted by molar-refractivity contribution is -0.125. The van der Waals surface area contributed by atoms with Crippen molar-refractivity contribution < 1.29 is 19.1 Å². The number of amides is 3. The zero-order valence-corrected chi connectivity index (χ0v) is 18.0. The number of hydrogen-bond acceptors (Lipinski definition) is 5. The lowest BCUT2D eigenvalue weighted by Gasteiger charge is -2.33. The minimum atomic E-state index is -0.490. The molecule has 31 heavy (non-hydrogen) atoms. The van der Waals surface area contributed by atoms with Gasteiger partial charge in [-0.05, 0) is 24.1 Å². The second kappa shape index (κ2) is 9.53. The first-order valence-corrected chi connectivity index (χ1v) is 10.8. The van der Waals surface area contributed by atoms with E-state index < -0.39 is 6.04 Å². The van der Waals surface area contributed by atoms with Crippen molar-refractivity contribution in [2.45, 2.75) is 12.5 Å². The molecule has 4 rings (SSSR count). The van der Waals surface area contributed by atoms with Gasteiger partial charge in [0.25, 0.3) is 5.91 Å². The summed E-state index contributed by atoms with van der Waals surface area (Å²) in [5.41, 5.74) is 2.25. The lowest BCUT2D eigenvalue weighted by atomic mass is 9.95. The average molecular weight is 427 g/mol. The minimum Gasteiger partial charge on any atom is -0.497 e. The highest BCUT2D eigenvalue weighted by Gasteiger charge is 2.43. The molecule has 1 atom stereocenters.